The fourth-order valence-corrected chi connectivity index (χ4v) is 2.31. The van der Waals surface area contributed by atoms with E-state index >= 15 is 0 Å². The Hall–Kier alpha value is -1.06. The molecule has 0 unspecified atom stereocenters. The van der Waals surface area contributed by atoms with Crippen molar-refractivity contribution in [3.8, 4) is 0 Å². The maximum Gasteiger partial charge on any atom is 0.309 e. The maximum absolute atomic E-state index is 11.5. The summed E-state index contributed by atoms with van der Waals surface area (Å²) in [5, 5.41) is 18.6. The number of carboxylic acid groups (broad SMARTS) is 2. The van der Waals surface area contributed by atoms with Crippen molar-refractivity contribution in [3.05, 3.63) is 0 Å². The molecule has 0 aromatic heterocycles. The quantitative estimate of drug-likeness (QED) is 0.663. The Bertz CT molecular complexity index is 288. The van der Waals surface area contributed by atoms with Crippen molar-refractivity contribution < 1.29 is 19.8 Å². The zero-order chi connectivity index (χ0) is 14.4. The van der Waals surface area contributed by atoms with E-state index in [0.717, 1.165) is 12.8 Å². The summed E-state index contributed by atoms with van der Waals surface area (Å²) in [4.78, 5) is 22.6. The Kier molecular flexibility index (Phi) is 6.36. The predicted molar refractivity (Wildman–Crippen MR) is 70.5 cm³/mol. The van der Waals surface area contributed by atoms with Crippen LogP contribution in [0, 0.1) is 10.8 Å². The number of carboxylic acids is 2. The third-order valence-electron chi connectivity index (χ3n) is 3.72. The van der Waals surface area contributed by atoms with E-state index in [1.807, 2.05) is 13.8 Å². The molecule has 0 aliphatic carbocycles. The molecule has 0 aliphatic rings. The van der Waals surface area contributed by atoms with E-state index in [0.29, 0.717) is 25.7 Å². The topological polar surface area (TPSA) is 74.6 Å². The molecule has 0 aliphatic heterocycles. The molecule has 0 heterocycles. The second-order valence-corrected chi connectivity index (χ2v) is 5.77. The van der Waals surface area contributed by atoms with Gasteiger partial charge in [-0.15, -0.1) is 0 Å². The van der Waals surface area contributed by atoms with E-state index in [4.69, 9.17) is 5.11 Å². The summed E-state index contributed by atoms with van der Waals surface area (Å²) in [6.07, 6.45) is 3.68. The van der Waals surface area contributed by atoms with Crippen molar-refractivity contribution in [2.45, 2.75) is 66.2 Å². The van der Waals surface area contributed by atoms with Crippen LogP contribution >= 0.6 is 0 Å². The number of aliphatic carboxylic acids is 2. The SMILES string of the molecule is CCCC(CCC)(CCC(C)(C)C(=O)O)C(=O)O. The van der Waals surface area contributed by atoms with E-state index in [1.165, 1.54) is 0 Å². The van der Waals surface area contributed by atoms with Gasteiger partial charge in [0.15, 0.2) is 0 Å². The summed E-state index contributed by atoms with van der Waals surface area (Å²) in [6.45, 7) is 7.24. The average molecular weight is 258 g/mol. The molecule has 4 heteroatoms. The molecule has 0 saturated heterocycles. The predicted octanol–water partition coefficient (Wildman–Crippen LogP) is 3.55. The van der Waals surface area contributed by atoms with E-state index in [-0.39, 0.29) is 0 Å². The summed E-state index contributed by atoms with van der Waals surface area (Å²) in [6, 6.07) is 0. The maximum atomic E-state index is 11.5. The second-order valence-electron chi connectivity index (χ2n) is 5.77. The fraction of sp³-hybridized carbons (Fsp3) is 0.857. The fourth-order valence-electron chi connectivity index (χ4n) is 2.31. The van der Waals surface area contributed by atoms with Crippen LogP contribution < -0.4 is 0 Å². The van der Waals surface area contributed by atoms with Crippen molar-refractivity contribution in [1.29, 1.82) is 0 Å². The Morgan fingerprint density at radius 3 is 1.56 bits per heavy atom. The first-order valence-electron chi connectivity index (χ1n) is 6.68. The molecule has 106 valence electrons. The van der Waals surface area contributed by atoms with Gasteiger partial charge >= 0.3 is 11.9 Å². The highest BCUT2D eigenvalue weighted by atomic mass is 16.4. The minimum absolute atomic E-state index is 0.397. The minimum atomic E-state index is -0.866. The van der Waals surface area contributed by atoms with Crippen LogP contribution in [0.1, 0.15) is 66.2 Å². The molecule has 0 atom stereocenters. The van der Waals surface area contributed by atoms with Crippen LogP contribution in [-0.2, 0) is 9.59 Å². The van der Waals surface area contributed by atoms with E-state index in [1.54, 1.807) is 13.8 Å². The van der Waals surface area contributed by atoms with Gasteiger partial charge in [0.1, 0.15) is 0 Å². The molecule has 0 amide bonds. The molecule has 2 N–H and O–H groups in total. The zero-order valence-corrected chi connectivity index (χ0v) is 12.0. The van der Waals surface area contributed by atoms with Crippen LogP contribution in [-0.4, -0.2) is 22.2 Å². The number of hydrogen-bond donors (Lipinski definition) is 2. The van der Waals surface area contributed by atoms with Gasteiger partial charge in [0, 0.05) is 0 Å². The van der Waals surface area contributed by atoms with Crippen molar-refractivity contribution in [2.24, 2.45) is 10.8 Å². The van der Waals surface area contributed by atoms with Gasteiger partial charge in [0.2, 0.25) is 0 Å². The molecule has 0 saturated carbocycles. The molecule has 0 fully saturated rings. The van der Waals surface area contributed by atoms with Crippen LogP contribution in [0.15, 0.2) is 0 Å². The van der Waals surface area contributed by atoms with Crippen LogP contribution in [0.2, 0.25) is 0 Å². The van der Waals surface area contributed by atoms with Crippen LogP contribution in [0.4, 0.5) is 0 Å². The highest BCUT2D eigenvalue weighted by Gasteiger charge is 2.39. The highest BCUT2D eigenvalue weighted by molar-refractivity contribution is 5.75. The number of rotatable bonds is 9. The van der Waals surface area contributed by atoms with E-state index < -0.39 is 22.8 Å². The van der Waals surface area contributed by atoms with Gasteiger partial charge in [-0.2, -0.15) is 0 Å². The van der Waals surface area contributed by atoms with Gasteiger partial charge in [-0.25, -0.2) is 0 Å². The van der Waals surface area contributed by atoms with Gasteiger partial charge in [-0.3, -0.25) is 9.59 Å². The monoisotopic (exact) mass is 258 g/mol. The Balaban J connectivity index is 4.89. The van der Waals surface area contributed by atoms with E-state index in [2.05, 4.69) is 0 Å². The summed E-state index contributed by atoms with van der Waals surface area (Å²) in [7, 11) is 0. The molecule has 0 aromatic rings. The normalized spacial score (nSPS) is 12.4. The average Bonchev–Trinajstić information content (AvgIpc) is 2.26. The van der Waals surface area contributed by atoms with Crippen LogP contribution in [0.3, 0.4) is 0 Å². The molecule has 18 heavy (non-hydrogen) atoms. The lowest BCUT2D eigenvalue weighted by Crippen LogP contribution is -2.34. The van der Waals surface area contributed by atoms with Gasteiger partial charge < -0.3 is 10.2 Å². The van der Waals surface area contributed by atoms with Gasteiger partial charge in [-0.1, -0.05) is 26.7 Å². The second kappa shape index (κ2) is 6.76. The summed E-state index contributed by atoms with van der Waals surface area (Å²) >= 11 is 0. The molecule has 0 bridgehead atoms. The molecule has 0 spiro atoms. The molecule has 0 radical (unpaired) electrons. The number of hydrogen-bond acceptors (Lipinski definition) is 2. The van der Waals surface area contributed by atoms with Crippen molar-refractivity contribution in [3.63, 3.8) is 0 Å². The van der Waals surface area contributed by atoms with E-state index in [9.17, 15) is 14.7 Å². The van der Waals surface area contributed by atoms with Gasteiger partial charge in [0.05, 0.1) is 10.8 Å². The summed E-state index contributed by atoms with van der Waals surface area (Å²) in [5.74, 6) is -1.65. The lowest BCUT2D eigenvalue weighted by atomic mass is 9.72. The Labute approximate surface area is 109 Å². The Morgan fingerprint density at radius 1 is 0.833 bits per heavy atom. The van der Waals surface area contributed by atoms with Gasteiger partial charge in [0.25, 0.3) is 0 Å². The first-order chi connectivity index (χ1) is 8.22. The molecule has 0 rings (SSSR count). The lowest BCUT2D eigenvalue weighted by molar-refractivity contribution is -0.154. The molecule has 4 nitrogen and oxygen atoms in total. The van der Waals surface area contributed by atoms with Crippen LogP contribution in [0.5, 0.6) is 0 Å². The molecular formula is C14H26O4. The first-order valence-corrected chi connectivity index (χ1v) is 6.68. The smallest absolute Gasteiger partial charge is 0.309 e. The molecule has 0 aromatic carbocycles. The highest BCUT2D eigenvalue weighted by Crippen LogP contribution is 2.39. The summed E-state index contributed by atoms with van der Waals surface area (Å²) in [5.41, 5.74) is -1.61. The van der Waals surface area contributed by atoms with Gasteiger partial charge in [-0.05, 0) is 39.5 Å². The minimum Gasteiger partial charge on any atom is -0.481 e. The lowest BCUT2D eigenvalue weighted by Gasteiger charge is -2.31. The standard InChI is InChI=1S/C14H26O4/c1-5-7-14(8-6-2,12(17)18)10-9-13(3,4)11(15)16/h5-10H2,1-4H3,(H,15,16)(H,17,18). The van der Waals surface area contributed by atoms with Crippen molar-refractivity contribution >= 4 is 11.9 Å². The Morgan fingerprint density at radius 2 is 1.28 bits per heavy atom. The number of carbonyl (C=O) groups is 2. The van der Waals surface area contributed by atoms with Crippen molar-refractivity contribution in [2.75, 3.05) is 0 Å². The third kappa shape index (κ3) is 4.31. The largest absolute Gasteiger partial charge is 0.481 e. The molecular weight excluding hydrogens is 232 g/mol. The first kappa shape index (κ1) is 16.9. The van der Waals surface area contributed by atoms with Crippen LogP contribution in [0.25, 0.3) is 0 Å². The zero-order valence-electron chi connectivity index (χ0n) is 12.0. The van der Waals surface area contributed by atoms with Crippen molar-refractivity contribution in [1.82, 2.24) is 0 Å². The summed E-state index contributed by atoms with van der Waals surface area (Å²) < 4.78 is 0. The third-order valence-corrected chi connectivity index (χ3v) is 3.72.